The number of piperidine rings is 1. The van der Waals surface area contributed by atoms with Gasteiger partial charge in [-0.05, 0) is 42.5 Å². The maximum Gasteiger partial charge on any atom is 0.238 e. The van der Waals surface area contributed by atoms with Crippen LogP contribution in [0.3, 0.4) is 0 Å². The molecule has 31 heavy (non-hydrogen) atoms. The van der Waals surface area contributed by atoms with E-state index in [-0.39, 0.29) is 4.90 Å². The quantitative estimate of drug-likeness (QED) is 0.484. The number of nitrogens with zero attached hydrogens (tertiary/aromatic N) is 1. The molecule has 6 heteroatoms. The smallest absolute Gasteiger partial charge is 0.238 e. The van der Waals surface area contributed by atoms with Crippen molar-refractivity contribution in [1.82, 2.24) is 4.98 Å². The van der Waals surface area contributed by atoms with Gasteiger partial charge in [0.2, 0.25) is 10.0 Å². The Labute approximate surface area is 182 Å². The largest absolute Gasteiger partial charge is 0.371 e. The van der Waals surface area contributed by atoms with E-state index in [4.69, 9.17) is 5.14 Å². The van der Waals surface area contributed by atoms with Crippen LogP contribution in [0.4, 0.5) is 5.69 Å². The number of hydrogen-bond donors (Lipinski definition) is 2. The SMILES string of the molecule is NS(=O)(=O)c1cccc(N2CCC(c3ccccc3)CC2)c1-c1c[nH]c2ccccc12. The van der Waals surface area contributed by atoms with Crippen molar-refractivity contribution in [2.45, 2.75) is 23.7 Å². The van der Waals surface area contributed by atoms with Crippen LogP contribution < -0.4 is 10.0 Å². The van der Waals surface area contributed by atoms with Crippen molar-refractivity contribution in [3.8, 4) is 11.1 Å². The zero-order chi connectivity index (χ0) is 21.4. The predicted molar refractivity (Wildman–Crippen MR) is 126 cm³/mol. The summed E-state index contributed by atoms with van der Waals surface area (Å²) in [4.78, 5) is 5.73. The number of aromatic amines is 1. The number of nitrogens with two attached hydrogens (primary N) is 1. The maximum absolute atomic E-state index is 12.5. The number of aromatic nitrogens is 1. The first-order valence-corrected chi connectivity index (χ1v) is 12.1. The molecule has 5 rings (SSSR count). The molecule has 0 saturated carbocycles. The number of fused-ring (bicyclic) bond motifs is 1. The van der Waals surface area contributed by atoms with Crippen LogP contribution in [-0.2, 0) is 10.0 Å². The summed E-state index contributed by atoms with van der Waals surface area (Å²) in [6.45, 7) is 1.73. The molecule has 0 bridgehead atoms. The lowest BCUT2D eigenvalue weighted by Crippen LogP contribution is -2.33. The molecule has 0 atom stereocenters. The standard InChI is InChI=1S/C25H25N3O2S/c26-31(29,30)24-12-6-11-23(25(24)21-17-27-22-10-5-4-9-20(21)22)28-15-13-19(14-16-28)18-7-2-1-3-8-18/h1-12,17,19,27H,13-16H2,(H2,26,29,30). The van der Waals surface area contributed by atoms with Gasteiger partial charge in [-0.15, -0.1) is 0 Å². The fourth-order valence-electron chi connectivity index (χ4n) is 4.75. The van der Waals surface area contributed by atoms with Gasteiger partial charge in [0, 0.05) is 47.0 Å². The summed E-state index contributed by atoms with van der Waals surface area (Å²) in [6.07, 6.45) is 3.93. The van der Waals surface area contributed by atoms with Gasteiger partial charge >= 0.3 is 0 Å². The monoisotopic (exact) mass is 431 g/mol. The van der Waals surface area contributed by atoms with Crippen LogP contribution >= 0.6 is 0 Å². The van der Waals surface area contributed by atoms with Crippen LogP contribution in [0.25, 0.3) is 22.0 Å². The molecular weight excluding hydrogens is 406 g/mol. The summed E-state index contributed by atoms with van der Waals surface area (Å²) < 4.78 is 25.0. The van der Waals surface area contributed by atoms with Crippen LogP contribution in [0.1, 0.15) is 24.3 Å². The second-order valence-corrected chi connectivity index (χ2v) is 9.65. The molecule has 3 aromatic carbocycles. The van der Waals surface area contributed by atoms with Crippen molar-refractivity contribution < 1.29 is 8.42 Å². The lowest BCUT2D eigenvalue weighted by Gasteiger charge is -2.35. The fraction of sp³-hybridized carbons (Fsp3) is 0.200. The summed E-state index contributed by atoms with van der Waals surface area (Å²) >= 11 is 0. The fourth-order valence-corrected chi connectivity index (χ4v) is 5.52. The molecule has 0 aliphatic carbocycles. The molecule has 158 valence electrons. The molecule has 0 radical (unpaired) electrons. The van der Waals surface area contributed by atoms with Gasteiger partial charge in [0.15, 0.2) is 0 Å². The van der Waals surface area contributed by atoms with Crippen molar-refractivity contribution in [2.75, 3.05) is 18.0 Å². The van der Waals surface area contributed by atoms with Crippen molar-refractivity contribution in [3.05, 3.63) is 84.6 Å². The lowest BCUT2D eigenvalue weighted by molar-refractivity contribution is 0.505. The molecule has 5 nitrogen and oxygen atoms in total. The van der Waals surface area contributed by atoms with E-state index < -0.39 is 10.0 Å². The van der Waals surface area contributed by atoms with E-state index >= 15 is 0 Å². The van der Waals surface area contributed by atoms with Crippen molar-refractivity contribution >= 4 is 26.6 Å². The van der Waals surface area contributed by atoms with Gasteiger partial charge < -0.3 is 9.88 Å². The van der Waals surface area contributed by atoms with E-state index in [1.54, 1.807) is 12.1 Å². The van der Waals surface area contributed by atoms with Gasteiger partial charge in [-0.2, -0.15) is 0 Å². The van der Waals surface area contributed by atoms with Crippen molar-refractivity contribution in [3.63, 3.8) is 0 Å². The Bertz CT molecular complexity index is 1320. The molecule has 4 aromatic rings. The summed E-state index contributed by atoms with van der Waals surface area (Å²) in [6, 6.07) is 23.9. The van der Waals surface area contributed by atoms with E-state index in [9.17, 15) is 8.42 Å². The number of primary sulfonamides is 1. The van der Waals surface area contributed by atoms with Gasteiger partial charge in [-0.1, -0.05) is 54.6 Å². The van der Waals surface area contributed by atoms with Crippen LogP contribution in [0.15, 0.2) is 83.9 Å². The number of nitrogens with one attached hydrogen (secondary N) is 1. The molecule has 1 aliphatic rings. The minimum absolute atomic E-state index is 0.167. The molecule has 1 aromatic heterocycles. The number of benzene rings is 3. The van der Waals surface area contributed by atoms with Crippen LogP contribution in [0, 0.1) is 0 Å². The second kappa shape index (κ2) is 7.87. The van der Waals surface area contributed by atoms with E-state index in [0.29, 0.717) is 11.5 Å². The Kier molecular flexibility index (Phi) is 5.04. The third kappa shape index (κ3) is 3.73. The number of sulfonamides is 1. The molecule has 0 spiro atoms. The second-order valence-electron chi connectivity index (χ2n) is 8.12. The first-order chi connectivity index (χ1) is 15.0. The molecule has 1 aliphatic heterocycles. The molecule has 3 N–H and O–H groups in total. The number of anilines is 1. The summed E-state index contributed by atoms with van der Waals surface area (Å²) in [5.41, 5.74) is 4.80. The Balaban J connectivity index is 1.57. The lowest BCUT2D eigenvalue weighted by atomic mass is 9.89. The van der Waals surface area contributed by atoms with E-state index in [2.05, 4.69) is 34.1 Å². The van der Waals surface area contributed by atoms with Gasteiger partial charge in [-0.3, -0.25) is 0 Å². The zero-order valence-electron chi connectivity index (χ0n) is 17.2. The van der Waals surface area contributed by atoms with Crippen LogP contribution in [0.2, 0.25) is 0 Å². The van der Waals surface area contributed by atoms with E-state index in [1.807, 2.05) is 42.6 Å². The van der Waals surface area contributed by atoms with Crippen molar-refractivity contribution in [2.24, 2.45) is 5.14 Å². The topological polar surface area (TPSA) is 79.2 Å². The van der Waals surface area contributed by atoms with Crippen LogP contribution in [0.5, 0.6) is 0 Å². The number of H-pyrrole nitrogens is 1. The summed E-state index contributed by atoms with van der Waals surface area (Å²) in [7, 11) is -3.88. The average molecular weight is 432 g/mol. The summed E-state index contributed by atoms with van der Waals surface area (Å²) in [5, 5.41) is 6.63. The molecule has 2 heterocycles. The normalized spacial score (nSPS) is 15.5. The van der Waals surface area contributed by atoms with Crippen LogP contribution in [-0.4, -0.2) is 26.5 Å². The average Bonchev–Trinajstić information content (AvgIpc) is 3.23. The van der Waals surface area contributed by atoms with E-state index in [1.165, 1.54) is 5.56 Å². The Morgan fingerprint density at radius 1 is 0.871 bits per heavy atom. The first kappa shape index (κ1) is 19.8. The minimum Gasteiger partial charge on any atom is -0.371 e. The third-order valence-corrected chi connectivity index (χ3v) is 7.23. The number of hydrogen-bond acceptors (Lipinski definition) is 3. The highest BCUT2D eigenvalue weighted by Crippen LogP contribution is 2.41. The highest BCUT2D eigenvalue weighted by Gasteiger charge is 2.27. The summed E-state index contributed by atoms with van der Waals surface area (Å²) in [5.74, 6) is 0.524. The zero-order valence-corrected chi connectivity index (χ0v) is 18.0. The highest BCUT2D eigenvalue weighted by molar-refractivity contribution is 7.89. The Hall–Kier alpha value is -3.09. The maximum atomic E-state index is 12.5. The van der Waals surface area contributed by atoms with Crippen molar-refractivity contribution in [1.29, 1.82) is 0 Å². The molecule has 0 unspecified atom stereocenters. The predicted octanol–water partition coefficient (Wildman–Crippen LogP) is 4.87. The van der Waals surface area contributed by atoms with Gasteiger partial charge in [0.05, 0.1) is 4.90 Å². The molecule has 0 amide bonds. The highest BCUT2D eigenvalue weighted by atomic mass is 32.2. The minimum atomic E-state index is -3.88. The molecular formula is C25H25N3O2S. The van der Waals surface area contributed by atoms with E-state index in [0.717, 1.165) is 48.1 Å². The molecule has 1 fully saturated rings. The van der Waals surface area contributed by atoms with Gasteiger partial charge in [0.25, 0.3) is 0 Å². The molecule has 1 saturated heterocycles. The third-order valence-electron chi connectivity index (χ3n) is 6.28. The Morgan fingerprint density at radius 2 is 1.58 bits per heavy atom. The number of para-hydroxylation sites is 1. The van der Waals surface area contributed by atoms with Gasteiger partial charge in [-0.25, -0.2) is 13.6 Å². The van der Waals surface area contributed by atoms with Gasteiger partial charge in [0.1, 0.15) is 0 Å². The number of rotatable bonds is 4. The first-order valence-electron chi connectivity index (χ1n) is 10.5. The Morgan fingerprint density at radius 3 is 2.32 bits per heavy atom.